The Hall–Kier alpha value is -3.74. The molecular weight excluding hydrogens is 345 g/mol. The van der Waals surface area contributed by atoms with Gasteiger partial charge in [-0.3, -0.25) is 4.79 Å². The van der Waals surface area contributed by atoms with Crippen LogP contribution in [-0.4, -0.2) is 25.7 Å². The molecule has 2 aromatic carbocycles. The number of aromatic amines is 1. The van der Waals surface area contributed by atoms with Crippen molar-refractivity contribution in [1.29, 1.82) is 0 Å². The number of hydrogen-bond donors (Lipinski definition) is 2. The maximum atomic E-state index is 13.1. The molecule has 27 heavy (non-hydrogen) atoms. The number of allylic oxidation sites excluding steroid dienone is 2. The Labute approximate surface area is 153 Å². The third-order valence-electron chi connectivity index (χ3n) is 4.37. The Bertz CT molecular complexity index is 1170. The lowest BCUT2D eigenvalue weighted by Gasteiger charge is -2.06. The molecule has 2 aromatic heterocycles. The quantitative estimate of drug-likeness (QED) is 0.580. The maximum Gasteiger partial charge on any atom is 0.256 e. The summed E-state index contributed by atoms with van der Waals surface area (Å²) in [7, 11) is 0. The Morgan fingerprint density at radius 3 is 2.67 bits per heavy atom. The lowest BCUT2D eigenvalue weighted by molar-refractivity contribution is 0.102. The van der Waals surface area contributed by atoms with Crippen molar-refractivity contribution in [2.24, 2.45) is 0 Å². The topological polar surface area (TPSA) is 75.6 Å². The van der Waals surface area contributed by atoms with Gasteiger partial charge in [0.25, 0.3) is 5.91 Å². The molecule has 0 saturated carbocycles. The third-order valence-corrected chi connectivity index (χ3v) is 4.37. The lowest BCUT2D eigenvalue weighted by Crippen LogP contribution is -2.15. The monoisotopic (exact) mass is 359 g/mol. The van der Waals surface area contributed by atoms with Gasteiger partial charge in [0.2, 0.25) is 5.95 Å². The molecule has 0 spiro atoms. The van der Waals surface area contributed by atoms with Gasteiger partial charge in [-0.15, -0.1) is 0 Å². The van der Waals surface area contributed by atoms with Crippen LogP contribution in [0.2, 0.25) is 0 Å². The van der Waals surface area contributed by atoms with Crippen LogP contribution in [0.1, 0.15) is 22.5 Å². The van der Waals surface area contributed by atoms with E-state index in [4.69, 9.17) is 0 Å². The SMILES string of the molecule is O=C(Nc1cc(C2=CC2)nn1-c1nc2ccccc2[nH]1)c1ccc(F)cc1. The van der Waals surface area contributed by atoms with Crippen molar-refractivity contribution in [3.8, 4) is 5.95 Å². The highest BCUT2D eigenvalue weighted by Gasteiger charge is 2.20. The standard InChI is InChI=1S/C20H14FN5O/c21-14-9-7-13(8-10-14)19(27)24-18-11-17(12-5-6-12)25-26(18)20-22-15-3-1-2-4-16(15)23-20/h1-5,7-11H,6H2,(H,22,23)(H,24,27). The molecule has 2 N–H and O–H groups in total. The molecule has 0 saturated heterocycles. The van der Waals surface area contributed by atoms with Gasteiger partial charge in [-0.1, -0.05) is 18.2 Å². The van der Waals surface area contributed by atoms with Crippen LogP contribution in [0, 0.1) is 5.82 Å². The number of benzene rings is 2. The summed E-state index contributed by atoms with van der Waals surface area (Å²) in [6.45, 7) is 0. The van der Waals surface area contributed by atoms with E-state index in [2.05, 4.69) is 26.5 Å². The highest BCUT2D eigenvalue weighted by Crippen LogP contribution is 2.32. The van der Waals surface area contributed by atoms with E-state index in [0.29, 0.717) is 17.3 Å². The third kappa shape index (κ3) is 2.89. The molecule has 0 radical (unpaired) electrons. The Morgan fingerprint density at radius 2 is 1.93 bits per heavy atom. The smallest absolute Gasteiger partial charge is 0.256 e. The summed E-state index contributed by atoms with van der Waals surface area (Å²) in [4.78, 5) is 20.3. The molecule has 1 aliphatic carbocycles. The molecule has 5 rings (SSSR count). The maximum absolute atomic E-state index is 13.1. The summed E-state index contributed by atoms with van der Waals surface area (Å²) in [6, 6.07) is 14.9. The number of hydrogen-bond acceptors (Lipinski definition) is 3. The fourth-order valence-electron chi connectivity index (χ4n) is 2.88. The number of H-pyrrole nitrogens is 1. The van der Waals surface area contributed by atoms with E-state index in [9.17, 15) is 9.18 Å². The molecule has 0 atom stereocenters. The van der Waals surface area contributed by atoms with Crippen molar-refractivity contribution in [1.82, 2.24) is 19.7 Å². The second-order valence-corrected chi connectivity index (χ2v) is 6.30. The number of halogens is 1. The average molecular weight is 359 g/mol. The number of para-hydroxylation sites is 2. The number of imidazole rings is 1. The van der Waals surface area contributed by atoms with Crippen molar-refractivity contribution in [3.05, 3.63) is 77.7 Å². The van der Waals surface area contributed by atoms with Crippen LogP contribution >= 0.6 is 0 Å². The fourth-order valence-corrected chi connectivity index (χ4v) is 2.88. The molecule has 6 nitrogen and oxygen atoms in total. The second-order valence-electron chi connectivity index (χ2n) is 6.30. The van der Waals surface area contributed by atoms with E-state index >= 15 is 0 Å². The van der Waals surface area contributed by atoms with Gasteiger partial charge in [-0.05, 0) is 48.4 Å². The van der Waals surface area contributed by atoms with E-state index in [1.54, 1.807) is 4.68 Å². The number of amides is 1. The predicted octanol–water partition coefficient (Wildman–Crippen LogP) is 3.93. The van der Waals surface area contributed by atoms with Crippen molar-refractivity contribution < 1.29 is 9.18 Å². The van der Waals surface area contributed by atoms with Crippen molar-refractivity contribution >= 4 is 28.3 Å². The molecule has 1 aliphatic rings. The van der Waals surface area contributed by atoms with E-state index in [0.717, 1.165) is 28.7 Å². The zero-order valence-electron chi connectivity index (χ0n) is 14.1. The molecule has 2 heterocycles. The summed E-state index contributed by atoms with van der Waals surface area (Å²) in [5.74, 6) is 0.273. The average Bonchev–Trinajstić information content (AvgIpc) is 3.30. The van der Waals surface area contributed by atoms with Crippen molar-refractivity contribution in [2.45, 2.75) is 6.42 Å². The van der Waals surface area contributed by atoms with E-state index in [1.807, 2.05) is 30.3 Å². The van der Waals surface area contributed by atoms with Crippen LogP contribution in [0.3, 0.4) is 0 Å². The number of nitrogens with one attached hydrogen (secondary N) is 2. The summed E-state index contributed by atoms with van der Waals surface area (Å²) < 4.78 is 14.7. The zero-order valence-corrected chi connectivity index (χ0v) is 14.1. The lowest BCUT2D eigenvalue weighted by atomic mass is 10.2. The molecule has 0 unspecified atom stereocenters. The number of nitrogens with zero attached hydrogens (tertiary/aromatic N) is 3. The predicted molar refractivity (Wildman–Crippen MR) is 100 cm³/mol. The number of anilines is 1. The van der Waals surface area contributed by atoms with E-state index in [1.165, 1.54) is 24.3 Å². The van der Waals surface area contributed by atoms with E-state index in [-0.39, 0.29) is 11.7 Å². The summed E-state index contributed by atoms with van der Waals surface area (Å²) in [5.41, 5.74) is 3.98. The Kier molecular flexibility index (Phi) is 3.39. The van der Waals surface area contributed by atoms with Crippen molar-refractivity contribution in [3.63, 3.8) is 0 Å². The highest BCUT2D eigenvalue weighted by molar-refractivity contribution is 6.04. The number of carbonyl (C=O) groups is 1. The van der Waals surface area contributed by atoms with Gasteiger partial charge in [-0.25, -0.2) is 9.37 Å². The minimum Gasteiger partial charge on any atom is -0.322 e. The molecule has 0 fully saturated rings. The Morgan fingerprint density at radius 1 is 1.15 bits per heavy atom. The second kappa shape index (κ2) is 5.91. The first-order chi connectivity index (χ1) is 13.2. The highest BCUT2D eigenvalue weighted by atomic mass is 19.1. The van der Waals surface area contributed by atoms with E-state index < -0.39 is 0 Å². The number of carbonyl (C=O) groups excluding carboxylic acids is 1. The summed E-state index contributed by atoms with van der Waals surface area (Å²) in [6.07, 6.45) is 2.96. The normalized spacial score (nSPS) is 12.9. The van der Waals surface area contributed by atoms with Crippen LogP contribution in [0.25, 0.3) is 22.6 Å². The van der Waals surface area contributed by atoms with Gasteiger partial charge in [0, 0.05) is 11.6 Å². The summed E-state index contributed by atoms with van der Waals surface area (Å²) >= 11 is 0. The largest absolute Gasteiger partial charge is 0.322 e. The van der Waals surface area contributed by atoms with Gasteiger partial charge in [0.15, 0.2) is 0 Å². The molecule has 0 aliphatic heterocycles. The zero-order chi connectivity index (χ0) is 18.4. The Balaban J connectivity index is 1.54. The molecule has 4 aromatic rings. The van der Waals surface area contributed by atoms with Crippen LogP contribution < -0.4 is 5.32 Å². The molecular formula is C20H14FN5O. The first-order valence-electron chi connectivity index (χ1n) is 8.49. The minimum absolute atomic E-state index is 0.344. The number of aromatic nitrogens is 4. The van der Waals surface area contributed by atoms with Crippen molar-refractivity contribution in [2.75, 3.05) is 5.32 Å². The molecule has 132 valence electrons. The van der Waals surface area contributed by atoms with Gasteiger partial charge in [0.1, 0.15) is 11.6 Å². The number of rotatable bonds is 4. The van der Waals surface area contributed by atoms with Gasteiger partial charge in [-0.2, -0.15) is 9.78 Å². The number of fused-ring (bicyclic) bond motifs is 1. The summed E-state index contributed by atoms with van der Waals surface area (Å²) in [5, 5.41) is 7.42. The van der Waals surface area contributed by atoms with Gasteiger partial charge < -0.3 is 10.3 Å². The first kappa shape index (κ1) is 15.5. The van der Waals surface area contributed by atoms with Crippen LogP contribution in [-0.2, 0) is 0 Å². The molecule has 0 bridgehead atoms. The van der Waals surface area contributed by atoms with Gasteiger partial charge >= 0.3 is 0 Å². The first-order valence-corrected chi connectivity index (χ1v) is 8.49. The molecule has 1 amide bonds. The fraction of sp³-hybridized carbons (Fsp3) is 0.0500. The van der Waals surface area contributed by atoms with Crippen LogP contribution in [0.4, 0.5) is 10.2 Å². The van der Waals surface area contributed by atoms with Gasteiger partial charge in [0.05, 0.1) is 16.7 Å². The minimum atomic E-state index is -0.387. The van der Waals surface area contributed by atoms with Crippen LogP contribution in [0.15, 0.2) is 60.7 Å². The van der Waals surface area contributed by atoms with Crippen LogP contribution in [0.5, 0.6) is 0 Å². The molecule has 7 heteroatoms.